The number of carbonyl (C=O) groups is 1. The number of alkyl halides is 3. The summed E-state index contributed by atoms with van der Waals surface area (Å²) in [5, 5.41) is 3.69. The molecule has 0 aromatic carbocycles. The molecule has 0 saturated heterocycles. The van der Waals surface area contributed by atoms with Gasteiger partial charge in [-0.15, -0.1) is 0 Å². The van der Waals surface area contributed by atoms with Crippen LogP contribution in [0.5, 0.6) is 0 Å². The molecule has 0 fully saturated rings. The van der Waals surface area contributed by atoms with Gasteiger partial charge in [0.2, 0.25) is 5.82 Å². The van der Waals surface area contributed by atoms with Crippen molar-refractivity contribution in [2.45, 2.75) is 6.18 Å². The van der Waals surface area contributed by atoms with E-state index >= 15 is 0 Å². The van der Waals surface area contributed by atoms with Gasteiger partial charge < -0.3 is 11.2 Å². The van der Waals surface area contributed by atoms with Crippen LogP contribution in [0.25, 0.3) is 5.82 Å². The van der Waals surface area contributed by atoms with Gasteiger partial charge in [0.1, 0.15) is 11.5 Å². The molecule has 0 aliphatic rings. The van der Waals surface area contributed by atoms with Gasteiger partial charge in [0.25, 0.3) is 5.91 Å². The van der Waals surface area contributed by atoms with Crippen LogP contribution in [-0.2, 0) is 6.18 Å². The summed E-state index contributed by atoms with van der Waals surface area (Å²) in [6, 6.07) is 2.38. The van der Waals surface area contributed by atoms with E-state index < -0.39 is 17.9 Å². The third kappa shape index (κ3) is 2.66. The Labute approximate surface area is 109 Å². The molecule has 11 heteroatoms. The molecule has 0 aliphatic heterocycles. The average molecular weight is 287 g/mol. The zero-order chi connectivity index (χ0) is 14.9. The van der Waals surface area contributed by atoms with Crippen LogP contribution >= 0.6 is 0 Å². The van der Waals surface area contributed by atoms with E-state index in [4.69, 9.17) is 11.6 Å². The molecule has 2 aromatic rings. The van der Waals surface area contributed by atoms with Crippen LogP contribution in [0.15, 0.2) is 18.3 Å². The molecule has 0 radical (unpaired) electrons. The number of hydrazine groups is 1. The Bertz CT molecular complexity index is 651. The highest BCUT2D eigenvalue weighted by Gasteiger charge is 2.35. The fourth-order valence-electron chi connectivity index (χ4n) is 1.34. The Morgan fingerprint density at radius 2 is 2.05 bits per heavy atom. The first-order valence-corrected chi connectivity index (χ1v) is 5.10. The fourth-order valence-corrected chi connectivity index (χ4v) is 1.34. The first-order chi connectivity index (χ1) is 9.31. The number of halogens is 3. The minimum atomic E-state index is -4.75. The first-order valence-electron chi connectivity index (χ1n) is 5.10. The van der Waals surface area contributed by atoms with E-state index in [9.17, 15) is 18.0 Å². The summed E-state index contributed by atoms with van der Waals surface area (Å²) in [6.45, 7) is 0. The second-order valence-corrected chi connectivity index (χ2v) is 3.59. The number of hydrogen-bond donors (Lipinski definition) is 3. The molecular formula is C9H8F3N7O. The first kappa shape index (κ1) is 13.7. The van der Waals surface area contributed by atoms with Gasteiger partial charge in [0.15, 0.2) is 5.82 Å². The minimum absolute atomic E-state index is 0.112. The number of rotatable bonds is 3. The lowest BCUT2D eigenvalue weighted by Gasteiger charge is -2.09. The fraction of sp³-hybridized carbons (Fsp3) is 0.111. The minimum Gasteiger partial charge on any atom is -0.364 e. The smallest absolute Gasteiger partial charge is 0.364 e. The Balaban J connectivity index is 2.52. The van der Waals surface area contributed by atoms with E-state index in [0.717, 1.165) is 10.7 Å². The summed E-state index contributed by atoms with van der Waals surface area (Å²) in [6.07, 6.45) is -3.51. The lowest BCUT2D eigenvalue weighted by atomic mass is 10.4. The number of nitrogen functional groups attached to an aromatic ring is 1. The largest absolute Gasteiger partial charge is 0.451 e. The van der Waals surface area contributed by atoms with Crippen LogP contribution in [0.4, 0.5) is 19.0 Å². The topological polar surface area (TPSA) is 125 Å². The van der Waals surface area contributed by atoms with Crippen LogP contribution in [0.3, 0.4) is 0 Å². The number of primary amides is 1. The van der Waals surface area contributed by atoms with Crippen molar-refractivity contribution in [2.75, 3.05) is 5.43 Å². The maximum atomic E-state index is 12.6. The van der Waals surface area contributed by atoms with Crippen molar-refractivity contribution in [3.05, 3.63) is 29.8 Å². The van der Waals surface area contributed by atoms with Crippen LogP contribution in [0, 0.1) is 0 Å². The van der Waals surface area contributed by atoms with Crippen LogP contribution in [0.1, 0.15) is 16.3 Å². The molecule has 106 valence electrons. The lowest BCUT2D eigenvalue weighted by molar-refractivity contribution is -0.144. The SMILES string of the molecule is NNc1cc(-n2ccc(C(N)=O)n2)nc(C(F)(F)F)n1. The highest BCUT2D eigenvalue weighted by Crippen LogP contribution is 2.27. The average Bonchev–Trinajstić information content (AvgIpc) is 2.87. The van der Waals surface area contributed by atoms with Gasteiger partial charge in [0, 0.05) is 12.3 Å². The summed E-state index contributed by atoms with van der Waals surface area (Å²) in [4.78, 5) is 17.4. The number of hydrogen-bond acceptors (Lipinski definition) is 6. The Hall–Kier alpha value is -2.69. The maximum absolute atomic E-state index is 12.6. The molecule has 0 aliphatic carbocycles. The number of nitrogens with one attached hydrogen (secondary N) is 1. The summed E-state index contributed by atoms with van der Waals surface area (Å²) in [5.74, 6) is 2.38. The highest BCUT2D eigenvalue weighted by atomic mass is 19.4. The van der Waals surface area contributed by atoms with Crippen molar-refractivity contribution in [1.82, 2.24) is 19.7 Å². The molecule has 2 rings (SSSR count). The van der Waals surface area contributed by atoms with Crippen LogP contribution in [0.2, 0.25) is 0 Å². The van der Waals surface area contributed by atoms with Crippen molar-refractivity contribution >= 4 is 11.7 Å². The molecule has 0 saturated carbocycles. The molecule has 0 bridgehead atoms. The van der Waals surface area contributed by atoms with E-state index in [1.807, 2.05) is 5.43 Å². The number of anilines is 1. The molecule has 20 heavy (non-hydrogen) atoms. The van der Waals surface area contributed by atoms with Gasteiger partial charge in [0.05, 0.1) is 0 Å². The van der Waals surface area contributed by atoms with Crippen molar-refractivity contribution in [1.29, 1.82) is 0 Å². The van der Waals surface area contributed by atoms with Gasteiger partial charge >= 0.3 is 6.18 Å². The monoisotopic (exact) mass is 287 g/mol. The summed E-state index contributed by atoms with van der Waals surface area (Å²) in [5.41, 5.74) is 6.88. The Morgan fingerprint density at radius 3 is 2.55 bits per heavy atom. The zero-order valence-corrected chi connectivity index (χ0v) is 9.72. The van der Waals surface area contributed by atoms with E-state index in [2.05, 4.69) is 15.1 Å². The number of nitrogens with two attached hydrogens (primary N) is 2. The van der Waals surface area contributed by atoms with Crippen molar-refractivity contribution in [3.8, 4) is 5.82 Å². The molecule has 5 N–H and O–H groups in total. The number of amides is 1. The zero-order valence-electron chi connectivity index (χ0n) is 9.72. The predicted octanol–water partition coefficient (Wildman–Crippen LogP) is 0.0656. The Morgan fingerprint density at radius 1 is 1.35 bits per heavy atom. The molecule has 1 amide bonds. The van der Waals surface area contributed by atoms with Gasteiger partial charge in [-0.2, -0.15) is 18.3 Å². The van der Waals surface area contributed by atoms with Crippen molar-refractivity contribution in [3.63, 3.8) is 0 Å². The third-order valence-electron chi connectivity index (χ3n) is 2.19. The predicted molar refractivity (Wildman–Crippen MR) is 60.5 cm³/mol. The van der Waals surface area contributed by atoms with Gasteiger partial charge in [-0.1, -0.05) is 0 Å². The van der Waals surface area contributed by atoms with Gasteiger partial charge in [-0.05, 0) is 6.07 Å². The lowest BCUT2D eigenvalue weighted by Crippen LogP contribution is -2.18. The second kappa shape index (κ2) is 4.77. The van der Waals surface area contributed by atoms with Crippen molar-refractivity contribution in [2.24, 2.45) is 11.6 Å². The molecule has 8 nitrogen and oxygen atoms in total. The third-order valence-corrected chi connectivity index (χ3v) is 2.19. The highest BCUT2D eigenvalue weighted by molar-refractivity contribution is 5.90. The van der Waals surface area contributed by atoms with Gasteiger partial charge in [-0.3, -0.25) is 4.79 Å². The maximum Gasteiger partial charge on any atom is 0.451 e. The molecule has 0 spiro atoms. The Kier molecular flexibility index (Phi) is 3.28. The van der Waals surface area contributed by atoms with E-state index in [1.54, 1.807) is 0 Å². The van der Waals surface area contributed by atoms with Crippen molar-refractivity contribution < 1.29 is 18.0 Å². The molecule has 0 atom stereocenters. The molecule has 2 heterocycles. The van der Waals surface area contributed by atoms with Crippen LogP contribution in [-0.4, -0.2) is 25.7 Å². The van der Waals surface area contributed by atoms with E-state index in [-0.39, 0.29) is 17.3 Å². The van der Waals surface area contributed by atoms with Gasteiger partial charge in [-0.25, -0.2) is 20.5 Å². The normalized spacial score (nSPS) is 11.4. The summed E-state index contributed by atoms with van der Waals surface area (Å²) < 4.78 is 38.9. The van der Waals surface area contributed by atoms with E-state index in [1.165, 1.54) is 12.3 Å². The standard InChI is InChI=1S/C9H8F3N7O/c10-9(11,12)8-15-5(17-14)3-6(16-8)19-2-1-4(18-19)7(13)20/h1-3H,14H2,(H2,13,20)(H,15,16,17). The van der Waals surface area contributed by atoms with E-state index in [0.29, 0.717) is 0 Å². The summed E-state index contributed by atoms with van der Waals surface area (Å²) in [7, 11) is 0. The molecule has 2 aromatic heterocycles. The quantitative estimate of drug-likeness (QED) is 0.541. The second-order valence-electron chi connectivity index (χ2n) is 3.59. The van der Waals surface area contributed by atoms with Crippen LogP contribution < -0.4 is 17.0 Å². The summed E-state index contributed by atoms with van der Waals surface area (Å²) >= 11 is 0. The number of nitrogens with zero attached hydrogens (tertiary/aromatic N) is 4. The molecular weight excluding hydrogens is 279 g/mol. The molecule has 0 unspecified atom stereocenters. The number of carbonyl (C=O) groups excluding carboxylic acids is 1. The number of aromatic nitrogens is 4.